The van der Waals surface area contributed by atoms with Gasteiger partial charge in [-0.05, 0) is 57.2 Å². The van der Waals surface area contributed by atoms with Gasteiger partial charge in [-0.1, -0.05) is 39.0 Å². The Balaban J connectivity index is 1.86. The van der Waals surface area contributed by atoms with Crippen LogP contribution < -0.4 is 5.73 Å². The number of nitrogens with zero attached hydrogens (tertiary/aromatic N) is 1. The standard InChI is InChI=1S/C16H32N2/c1-2-6-14-9-11-18(12-10-14)16-8-5-3-4-7-15(16)13-17/h14-16H,2-13,17H2,1H3. The van der Waals surface area contributed by atoms with E-state index >= 15 is 0 Å². The van der Waals surface area contributed by atoms with Gasteiger partial charge in [0.25, 0.3) is 0 Å². The highest BCUT2D eigenvalue weighted by atomic mass is 15.2. The van der Waals surface area contributed by atoms with Gasteiger partial charge in [0, 0.05) is 6.04 Å². The quantitative estimate of drug-likeness (QED) is 0.777. The highest BCUT2D eigenvalue weighted by Gasteiger charge is 2.30. The van der Waals surface area contributed by atoms with E-state index in [1.807, 2.05) is 0 Å². The van der Waals surface area contributed by atoms with Crippen molar-refractivity contribution >= 4 is 0 Å². The van der Waals surface area contributed by atoms with Crippen molar-refractivity contribution in [3.05, 3.63) is 0 Å². The molecule has 0 amide bonds. The minimum atomic E-state index is 0.773. The molecule has 1 heterocycles. The van der Waals surface area contributed by atoms with Gasteiger partial charge < -0.3 is 10.6 Å². The lowest BCUT2D eigenvalue weighted by atomic mass is 9.88. The normalized spacial score (nSPS) is 32.3. The first-order valence-corrected chi connectivity index (χ1v) is 8.29. The van der Waals surface area contributed by atoms with Crippen LogP contribution in [0.25, 0.3) is 0 Å². The van der Waals surface area contributed by atoms with E-state index in [0.29, 0.717) is 0 Å². The zero-order valence-corrected chi connectivity index (χ0v) is 12.2. The smallest absolute Gasteiger partial charge is 0.0136 e. The maximum absolute atomic E-state index is 6.02. The Morgan fingerprint density at radius 3 is 2.39 bits per heavy atom. The van der Waals surface area contributed by atoms with E-state index in [0.717, 1.165) is 24.4 Å². The van der Waals surface area contributed by atoms with Crippen molar-refractivity contribution in [1.29, 1.82) is 0 Å². The number of likely N-dealkylation sites (tertiary alicyclic amines) is 1. The van der Waals surface area contributed by atoms with E-state index in [4.69, 9.17) is 5.73 Å². The van der Waals surface area contributed by atoms with Crippen molar-refractivity contribution in [3.63, 3.8) is 0 Å². The summed E-state index contributed by atoms with van der Waals surface area (Å²) in [6.45, 7) is 5.90. The summed E-state index contributed by atoms with van der Waals surface area (Å²) in [6, 6.07) is 0.806. The number of hydrogen-bond acceptors (Lipinski definition) is 2. The molecule has 2 unspecified atom stereocenters. The zero-order chi connectivity index (χ0) is 12.8. The van der Waals surface area contributed by atoms with Crippen LogP contribution >= 0.6 is 0 Å². The molecule has 2 fully saturated rings. The Bertz CT molecular complexity index is 221. The predicted molar refractivity (Wildman–Crippen MR) is 78.6 cm³/mol. The molecule has 18 heavy (non-hydrogen) atoms. The van der Waals surface area contributed by atoms with Crippen molar-refractivity contribution in [2.24, 2.45) is 17.6 Å². The van der Waals surface area contributed by atoms with Gasteiger partial charge in [0.1, 0.15) is 0 Å². The van der Waals surface area contributed by atoms with Gasteiger partial charge in [0.05, 0.1) is 0 Å². The topological polar surface area (TPSA) is 29.3 Å². The van der Waals surface area contributed by atoms with Crippen LogP contribution in [0.1, 0.15) is 64.7 Å². The van der Waals surface area contributed by atoms with E-state index in [1.54, 1.807) is 0 Å². The van der Waals surface area contributed by atoms with Crippen LogP contribution in [-0.2, 0) is 0 Å². The van der Waals surface area contributed by atoms with E-state index in [2.05, 4.69) is 11.8 Å². The number of hydrogen-bond donors (Lipinski definition) is 1. The average Bonchev–Trinajstić information content (AvgIpc) is 2.65. The fraction of sp³-hybridized carbons (Fsp3) is 1.00. The minimum Gasteiger partial charge on any atom is -0.330 e. The lowest BCUT2D eigenvalue weighted by molar-refractivity contribution is 0.0889. The molecule has 1 saturated carbocycles. The SMILES string of the molecule is CCCC1CCN(C2CCCCCC2CN)CC1. The van der Waals surface area contributed by atoms with Crippen molar-refractivity contribution < 1.29 is 0 Å². The minimum absolute atomic E-state index is 0.773. The van der Waals surface area contributed by atoms with Gasteiger partial charge in [-0.3, -0.25) is 0 Å². The molecule has 0 aromatic carbocycles. The lowest BCUT2D eigenvalue weighted by Gasteiger charge is -2.40. The largest absolute Gasteiger partial charge is 0.330 e. The second-order valence-electron chi connectivity index (χ2n) is 6.47. The summed E-state index contributed by atoms with van der Waals surface area (Å²) in [5.41, 5.74) is 6.02. The molecule has 1 aliphatic heterocycles. The second-order valence-corrected chi connectivity index (χ2v) is 6.47. The number of nitrogens with two attached hydrogens (primary N) is 1. The Labute approximate surface area is 113 Å². The molecule has 1 saturated heterocycles. The highest BCUT2D eigenvalue weighted by Crippen LogP contribution is 2.31. The fourth-order valence-corrected chi connectivity index (χ4v) is 4.10. The van der Waals surface area contributed by atoms with Crippen LogP contribution in [0.4, 0.5) is 0 Å². The summed E-state index contributed by atoms with van der Waals surface area (Å²) in [5, 5.41) is 0. The van der Waals surface area contributed by atoms with E-state index in [-0.39, 0.29) is 0 Å². The predicted octanol–water partition coefficient (Wildman–Crippen LogP) is 3.41. The van der Waals surface area contributed by atoms with E-state index in [1.165, 1.54) is 70.9 Å². The summed E-state index contributed by atoms with van der Waals surface area (Å²) in [5.74, 6) is 1.78. The van der Waals surface area contributed by atoms with Crippen LogP contribution in [-0.4, -0.2) is 30.6 Å². The van der Waals surface area contributed by atoms with Gasteiger partial charge >= 0.3 is 0 Å². The lowest BCUT2D eigenvalue weighted by Crippen LogP contribution is -2.46. The maximum Gasteiger partial charge on any atom is 0.0136 e. The van der Waals surface area contributed by atoms with Crippen LogP contribution in [0.2, 0.25) is 0 Å². The summed E-state index contributed by atoms with van der Waals surface area (Å²) >= 11 is 0. The first kappa shape index (κ1) is 14.3. The Morgan fingerprint density at radius 1 is 1.00 bits per heavy atom. The van der Waals surface area contributed by atoms with Crippen molar-refractivity contribution in [2.75, 3.05) is 19.6 Å². The van der Waals surface area contributed by atoms with Crippen LogP contribution in [0.5, 0.6) is 0 Å². The molecule has 0 aromatic heterocycles. The number of rotatable bonds is 4. The summed E-state index contributed by atoms with van der Waals surface area (Å²) in [7, 11) is 0. The molecule has 2 heteroatoms. The number of piperidine rings is 1. The second kappa shape index (κ2) is 7.49. The average molecular weight is 252 g/mol. The molecule has 2 N–H and O–H groups in total. The third-order valence-corrected chi connectivity index (χ3v) is 5.24. The van der Waals surface area contributed by atoms with Crippen molar-refractivity contribution in [3.8, 4) is 0 Å². The van der Waals surface area contributed by atoms with Gasteiger partial charge in [-0.2, -0.15) is 0 Å². The first-order valence-electron chi connectivity index (χ1n) is 8.29. The zero-order valence-electron chi connectivity index (χ0n) is 12.2. The van der Waals surface area contributed by atoms with E-state index < -0.39 is 0 Å². The molecule has 0 bridgehead atoms. The highest BCUT2D eigenvalue weighted by molar-refractivity contribution is 4.85. The Kier molecular flexibility index (Phi) is 5.97. The summed E-state index contributed by atoms with van der Waals surface area (Å²) in [6.07, 6.45) is 12.7. The van der Waals surface area contributed by atoms with Gasteiger partial charge in [-0.15, -0.1) is 0 Å². The van der Waals surface area contributed by atoms with Crippen LogP contribution in [0, 0.1) is 11.8 Å². The monoisotopic (exact) mass is 252 g/mol. The van der Waals surface area contributed by atoms with Gasteiger partial charge in [-0.25, -0.2) is 0 Å². The third-order valence-electron chi connectivity index (χ3n) is 5.24. The molecule has 2 atom stereocenters. The van der Waals surface area contributed by atoms with Crippen LogP contribution in [0.15, 0.2) is 0 Å². The third kappa shape index (κ3) is 3.71. The Hall–Kier alpha value is -0.0800. The molecular formula is C16H32N2. The van der Waals surface area contributed by atoms with Crippen molar-refractivity contribution in [2.45, 2.75) is 70.8 Å². The fourth-order valence-electron chi connectivity index (χ4n) is 4.10. The molecular weight excluding hydrogens is 220 g/mol. The summed E-state index contributed by atoms with van der Waals surface area (Å²) in [4.78, 5) is 2.79. The molecule has 106 valence electrons. The first-order chi connectivity index (χ1) is 8.85. The summed E-state index contributed by atoms with van der Waals surface area (Å²) < 4.78 is 0. The molecule has 0 aromatic rings. The van der Waals surface area contributed by atoms with Gasteiger partial charge in [0.2, 0.25) is 0 Å². The Morgan fingerprint density at radius 2 is 1.72 bits per heavy atom. The van der Waals surface area contributed by atoms with Crippen molar-refractivity contribution in [1.82, 2.24) is 4.90 Å². The molecule has 0 radical (unpaired) electrons. The van der Waals surface area contributed by atoms with E-state index in [9.17, 15) is 0 Å². The molecule has 2 rings (SSSR count). The molecule has 0 spiro atoms. The molecule has 2 nitrogen and oxygen atoms in total. The maximum atomic E-state index is 6.02. The molecule has 1 aliphatic carbocycles. The van der Waals surface area contributed by atoms with Gasteiger partial charge in [0.15, 0.2) is 0 Å². The van der Waals surface area contributed by atoms with Crippen LogP contribution in [0.3, 0.4) is 0 Å². The molecule has 2 aliphatic rings.